The number of nitrogens with zero attached hydrogens (tertiary/aromatic N) is 1. The minimum atomic E-state index is 0.677. The van der Waals surface area contributed by atoms with E-state index in [2.05, 4.69) is 58.1 Å². The van der Waals surface area contributed by atoms with Crippen molar-refractivity contribution in [3.05, 3.63) is 55.6 Å². The van der Waals surface area contributed by atoms with Gasteiger partial charge in [-0.25, -0.2) is 0 Å². The molecule has 0 aliphatic carbocycles. The maximum Gasteiger partial charge on any atom is 0.0737 e. The van der Waals surface area contributed by atoms with Crippen LogP contribution in [0.1, 0.15) is 5.69 Å². The Morgan fingerprint density at radius 3 is 2.53 bits per heavy atom. The molecule has 0 unspecified atom stereocenters. The maximum absolute atomic E-state index is 4.35. The van der Waals surface area contributed by atoms with Crippen molar-refractivity contribution in [2.24, 2.45) is 0 Å². The molecule has 0 aliphatic rings. The fourth-order valence-corrected chi connectivity index (χ4v) is 2.91. The number of anilines is 1. The first-order valence-electron chi connectivity index (χ1n) is 4.95. The molecule has 2 nitrogen and oxygen atoms in total. The zero-order valence-electron chi connectivity index (χ0n) is 8.75. The number of para-hydroxylation sites is 1. The van der Waals surface area contributed by atoms with E-state index in [1.165, 1.54) is 0 Å². The Labute approximate surface area is 125 Å². The van der Waals surface area contributed by atoms with Gasteiger partial charge in [0, 0.05) is 25.3 Å². The first-order valence-corrected chi connectivity index (χ1v) is 7.33. The molecule has 0 saturated carbocycles. The lowest BCUT2D eigenvalue weighted by atomic mass is 10.3. The van der Waals surface area contributed by atoms with Crippen LogP contribution in [0.15, 0.2) is 49.9 Å². The van der Waals surface area contributed by atoms with Crippen molar-refractivity contribution in [1.29, 1.82) is 0 Å². The Kier molecular flexibility index (Phi) is 4.59. The van der Waals surface area contributed by atoms with Gasteiger partial charge in [-0.05, 0) is 66.0 Å². The van der Waals surface area contributed by atoms with Gasteiger partial charge in [0.05, 0.1) is 12.2 Å². The van der Waals surface area contributed by atoms with E-state index in [0.29, 0.717) is 6.54 Å². The number of halogens is 3. The largest absolute Gasteiger partial charge is 0.378 e. The van der Waals surface area contributed by atoms with Crippen molar-refractivity contribution >= 4 is 53.5 Å². The lowest BCUT2D eigenvalue weighted by Crippen LogP contribution is -2.02. The highest BCUT2D eigenvalue weighted by Crippen LogP contribution is 2.24. The summed E-state index contributed by atoms with van der Waals surface area (Å²) in [6.07, 6.45) is 1.79. The van der Waals surface area contributed by atoms with Gasteiger partial charge in [0.1, 0.15) is 0 Å². The minimum Gasteiger partial charge on any atom is -0.378 e. The second-order valence-electron chi connectivity index (χ2n) is 3.42. The highest BCUT2D eigenvalue weighted by atomic mass is 79.9. The summed E-state index contributed by atoms with van der Waals surface area (Å²) in [5, 5.41) is 3.33. The number of aromatic nitrogens is 1. The Balaban J connectivity index is 2.10. The predicted octanol–water partition coefficient (Wildman–Crippen LogP) is 4.98. The normalized spacial score (nSPS) is 10.3. The monoisotopic (exact) mass is 418 g/mol. The molecule has 1 aromatic heterocycles. The van der Waals surface area contributed by atoms with Crippen molar-refractivity contribution in [1.82, 2.24) is 4.98 Å². The summed E-state index contributed by atoms with van der Waals surface area (Å²) < 4.78 is 3.01. The van der Waals surface area contributed by atoms with Crippen LogP contribution in [0.4, 0.5) is 5.69 Å². The van der Waals surface area contributed by atoms with Crippen molar-refractivity contribution in [3.63, 3.8) is 0 Å². The summed E-state index contributed by atoms with van der Waals surface area (Å²) in [6, 6.07) is 10.0. The van der Waals surface area contributed by atoms with Crippen LogP contribution in [0.5, 0.6) is 0 Å². The van der Waals surface area contributed by atoms with Gasteiger partial charge in [0.15, 0.2) is 0 Å². The van der Waals surface area contributed by atoms with Crippen molar-refractivity contribution in [2.45, 2.75) is 6.54 Å². The summed E-state index contributed by atoms with van der Waals surface area (Å²) >= 11 is 10.4. The SMILES string of the molecule is Brc1cnc(CNc2ccccc2Br)c(Br)c1. The smallest absolute Gasteiger partial charge is 0.0737 e. The third-order valence-electron chi connectivity index (χ3n) is 2.20. The van der Waals surface area contributed by atoms with Crippen LogP contribution in [-0.2, 0) is 6.54 Å². The molecule has 5 heteroatoms. The first-order chi connectivity index (χ1) is 8.16. The maximum atomic E-state index is 4.35. The van der Waals surface area contributed by atoms with E-state index in [0.717, 1.165) is 24.8 Å². The Hall–Kier alpha value is -0.390. The van der Waals surface area contributed by atoms with Crippen LogP contribution in [-0.4, -0.2) is 4.98 Å². The second kappa shape index (κ2) is 5.98. The number of hydrogen-bond donors (Lipinski definition) is 1. The molecule has 0 spiro atoms. The van der Waals surface area contributed by atoms with Crippen molar-refractivity contribution < 1.29 is 0 Å². The van der Waals surface area contributed by atoms with Gasteiger partial charge < -0.3 is 5.32 Å². The molecule has 17 heavy (non-hydrogen) atoms. The summed E-state index contributed by atoms with van der Waals surface area (Å²) in [5.74, 6) is 0. The molecule has 2 rings (SSSR count). The van der Waals surface area contributed by atoms with Crippen LogP contribution >= 0.6 is 47.8 Å². The molecule has 1 N–H and O–H groups in total. The van der Waals surface area contributed by atoms with E-state index >= 15 is 0 Å². The van der Waals surface area contributed by atoms with Crippen LogP contribution in [0, 0.1) is 0 Å². The third kappa shape index (κ3) is 3.53. The molecule has 0 saturated heterocycles. The number of rotatable bonds is 3. The summed E-state index contributed by atoms with van der Waals surface area (Å²) in [7, 11) is 0. The van der Waals surface area contributed by atoms with Crippen molar-refractivity contribution in [3.8, 4) is 0 Å². The number of hydrogen-bond acceptors (Lipinski definition) is 2. The molecule has 1 heterocycles. The molecule has 0 bridgehead atoms. The van der Waals surface area contributed by atoms with Crippen LogP contribution in [0.2, 0.25) is 0 Å². The van der Waals surface area contributed by atoms with Crippen LogP contribution < -0.4 is 5.32 Å². The lowest BCUT2D eigenvalue weighted by Gasteiger charge is -2.09. The highest BCUT2D eigenvalue weighted by Gasteiger charge is 2.03. The van der Waals surface area contributed by atoms with E-state index in [9.17, 15) is 0 Å². The average molecular weight is 421 g/mol. The number of benzene rings is 1. The van der Waals surface area contributed by atoms with Gasteiger partial charge in [-0.15, -0.1) is 0 Å². The predicted molar refractivity (Wildman–Crippen MR) is 81.1 cm³/mol. The molecular weight excluding hydrogens is 412 g/mol. The van der Waals surface area contributed by atoms with Crippen LogP contribution in [0.3, 0.4) is 0 Å². The van der Waals surface area contributed by atoms with E-state index < -0.39 is 0 Å². The fourth-order valence-electron chi connectivity index (χ4n) is 1.36. The quantitative estimate of drug-likeness (QED) is 0.757. The molecule has 0 radical (unpaired) electrons. The Morgan fingerprint density at radius 2 is 1.82 bits per heavy atom. The van der Waals surface area contributed by atoms with Crippen molar-refractivity contribution in [2.75, 3.05) is 5.32 Å². The van der Waals surface area contributed by atoms with E-state index in [-0.39, 0.29) is 0 Å². The van der Waals surface area contributed by atoms with E-state index in [1.807, 2.05) is 30.3 Å². The molecule has 88 valence electrons. The summed E-state index contributed by atoms with van der Waals surface area (Å²) in [4.78, 5) is 4.35. The first kappa shape index (κ1) is 13.1. The molecule has 0 atom stereocenters. The lowest BCUT2D eigenvalue weighted by molar-refractivity contribution is 1.03. The summed E-state index contributed by atoms with van der Waals surface area (Å²) in [5.41, 5.74) is 2.04. The van der Waals surface area contributed by atoms with Gasteiger partial charge in [-0.1, -0.05) is 12.1 Å². The van der Waals surface area contributed by atoms with Gasteiger partial charge in [0.25, 0.3) is 0 Å². The zero-order chi connectivity index (χ0) is 12.3. The molecule has 2 aromatic rings. The molecular formula is C12H9Br3N2. The molecule has 1 aromatic carbocycles. The van der Waals surface area contributed by atoms with Gasteiger partial charge >= 0.3 is 0 Å². The zero-order valence-corrected chi connectivity index (χ0v) is 13.5. The van der Waals surface area contributed by atoms with Gasteiger partial charge in [0.2, 0.25) is 0 Å². The molecule has 0 aliphatic heterocycles. The molecule has 0 fully saturated rings. The number of nitrogens with one attached hydrogen (secondary N) is 1. The topological polar surface area (TPSA) is 24.9 Å². The van der Waals surface area contributed by atoms with Gasteiger partial charge in [-0.2, -0.15) is 0 Å². The Bertz CT molecular complexity index is 529. The average Bonchev–Trinajstić information content (AvgIpc) is 2.30. The third-order valence-corrected chi connectivity index (χ3v) is 4.02. The minimum absolute atomic E-state index is 0.677. The highest BCUT2D eigenvalue weighted by molar-refractivity contribution is 9.11. The molecule has 0 amide bonds. The Morgan fingerprint density at radius 1 is 1.06 bits per heavy atom. The number of pyridine rings is 1. The van der Waals surface area contributed by atoms with Crippen LogP contribution in [0.25, 0.3) is 0 Å². The van der Waals surface area contributed by atoms with E-state index in [4.69, 9.17) is 0 Å². The van der Waals surface area contributed by atoms with Gasteiger partial charge in [-0.3, -0.25) is 4.98 Å². The fraction of sp³-hybridized carbons (Fsp3) is 0.0833. The standard InChI is InChI=1S/C12H9Br3N2/c13-8-5-10(15)12(16-6-8)7-17-11-4-2-1-3-9(11)14/h1-6,17H,7H2. The second-order valence-corrected chi connectivity index (χ2v) is 6.04. The summed E-state index contributed by atoms with van der Waals surface area (Å²) in [6.45, 7) is 0.677. The van der Waals surface area contributed by atoms with E-state index in [1.54, 1.807) is 6.20 Å².